The molecule has 0 aliphatic carbocycles. The second-order valence-electron chi connectivity index (χ2n) is 7.68. The summed E-state index contributed by atoms with van der Waals surface area (Å²) in [7, 11) is 0. The standard InChI is InChI=1S/C26H15F6N/c27-25(28,29)17-12-13-19(22(15-17)26(30,31)32)16-6-5-7-18(14-16)33-23-10-3-1-8-20(23)21-9-2-4-11-24(21)33/h1-15H. The summed E-state index contributed by atoms with van der Waals surface area (Å²) in [4.78, 5) is 0. The number of hydrogen-bond acceptors (Lipinski definition) is 0. The van der Waals surface area contributed by atoms with Gasteiger partial charge in [0.1, 0.15) is 0 Å². The van der Waals surface area contributed by atoms with Crippen molar-refractivity contribution in [3.8, 4) is 16.8 Å². The molecule has 5 rings (SSSR count). The Morgan fingerprint density at radius 1 is 0.545 bits per heavy atom. The zero-order chi connectivity index (χ0) is 23.4. The molecule has 1 heterocycles. The van der Waals surface area contributed by atoms with Crippen LogP contribution < -0.4 is 0 Å². The van der Waals surface area contributed by atoms with Gasteiger partial charge in [-0.25, -0.2) is 0 Å². The third kappa shape index (κ3) is 3.63. The van der Waals surface area contributed by atoms with Crippen molar-refractivity contribution in [2.75, 3.05) is 0 Å². The number of hydrogen-bond donors (Lipinski definition) is 0. The minimum absolute atomic E-state index is 0.169. The van der Waals surface area contributed by atoms with Crippen molar-refractivity contribution in [2.24, 2.45) is 0 Å². The molecule has 5 aromatic rings. The summed E-state index contributed by atoms with van der Waals surface area (Å²) < 4.78 is 82.3. The lowest BCUT2D eigenvalue weighted by Crippen LogP contribution is -2.12. The predicted octanol–water partition coefficient (Wildman–Crippen LogP) is 8.49. The minimum Gasteiger partial charge on any atom is -0.309 e. The first kappa shape index (κ1) is 21.1. The van der Waals surface area contributed by atoms with E-state index >= 15 is 0 Å². The van der Waals surface area contributed by atoms with Gasteiger partial charge in [0.2, 0.25) is 0 Å². The molecule has 0 saturated heterocycles. The number of aromatic nitrogens is 1. The highest BCUT2D eigenvalue weighted by Crippen LogP contribution is 2.41. The van der Waals surface area contributed by atoms with Gasteiger partial charge in [0.05, 0.1) is 22.2 Å². The number of alkyl halides is 6. The van der Waals surface area contributed by atoms with Crippen molar-refractivity contribution in [1.82, 2.24) is 4.57 Å². The molecule has 0 bridgehead atoms. The first-order valence-electron chi connectivity index (χ1n) is 10.0. The maximum absolute atomic E-state index is 13.7. The molecule has 0 aliphatic rings. The minimum atomic E-state index is -4.94. The van der Waals surface area contributed by atoms with Gasteiger partial charge in [0.25, 0.3) is 0 Å². The molecule has 0 radical (unpaired) electrons. The summed E-state index contributed by atoms with van der Waals surface area (Å²) >= 11 is 0. The Hall–Kier alpha value is -3.74. The van der Waals surface area contributed by atoms with E-state index in [2.05, 4.69) is 0 Å². The summed E-state index contributed by atoms with van der Waals surface area (Å²) in [5.74, 6) is 0. The second kappa shape index (κ2) is 7.40. The molecule has 33 heavy (non-hydrogen) atoms. The molecule has 166 valence electrons. The van der Waals surface area contributed by atoms with Crippen molar-refractivity contribution in [2.45, 2.75) is 12.4 Å². The van der Waals surface area contributed by atoms with Crippen LogP contribution in [0.15, 0.2) is 91.0 Å². The maximum atomic E-state index is 13.7. The van der Waals surface area contributed by atoms with E-state index in [0.29, 0.717) is 11.8 Å². The zero-order valence-corrected chi connectivity index (χ0v) is 16.9. The number of rotatable bonds is 2. The molecule has 0 aliphatic heterocycles. The number of nitrogens with zero attached hydrogens (tertiary/aromatic N) is 1. The van der Waals surface area contributed by atoms with Gasteiger partial charge in [0.15, 0.2) is 0 Å². The molecule has 0 unspecified atom stereocenters. The van der Waals surface area contributed by atoms with E-state index in [1.54, 1.807) is 18.2 Å². The van der Waals surface area contributed by atoms with Gasteiger partial charge >= 0.3 is 12.4 Å². The SMILES string of the molecule is FC(F)(F)c1ccc(-c2cccc(-n3c4ccccc4c4ccccc43)c2)c(C(F)(F)F)c1. The van der Waals surface area contributed by atoms with E-state index in [-0.39, 0.29) is 17.2 Å². The smallest absolute Gasteiger partial charge is 0.309 e. The molecule has 0 N–H and O–H groups in total. The van der Waals surface area contributed by atoms with Crippen LogP contribution in [-0.4, -0.2) is 4.57 Å². The third-order valence-electron chi connectivity index (χ3n) is 5.65. The van der Waals surface area contributed by atoms with Gasteiger partial charge in [0, 0.05) is 16.5 Å². The van der Waals surface area contributed by atoms with Crippen LogP contribution in [0.4, 0.5) is 26.3 Å². The Bertz CT molecular complexity index is 1440. The van der Waals surface area contributed by atoms with E-state index in [4.69, 9.17) is 0 Å². The summed E-state index contributed by atoms with van der Waals surface area (Å²) in [5.41, 5.74) is -0.432. The Labute approximate surface area is 184 Å². The largest absolute Gasteiger partial charge is 0.417 e. The molecule has 0 spiro atoms. The van der Waals surface area contributed by atoms with Gasteiger partial charge in [-0.3, -0.25) is 0 Å². The van der Waals surface area contributed by atoms with Crippen molar-refractivity contribution in [1.29, 1.82) is 0 Å². The number of para-hydroxylation sites is 2. The zero-order valence-electron chi connectivity index (χ0n) is 16.9. The van der Waals surface area contributed by atoms with Gasteiger partial charge in [-0.2, -0.15) is 26.3 Å². The lowest BCUT2D eigenvalue weighted by atomic mass is 9.96. The molecule has 4 aromatic carbocycles. The van der Waals surface area contributed by atoms with Crippen molar-refractivity contribution in [3.05, 3.63) is 102 Å². The van der Waals surface area contributed by atoms with Gasteiger partial charge in [-0.15, -0.1) is 0 Å². The van der Waals surface area contributed by atoms with E-state index in [1.165, 1.54) is 6.07 Å². The quantitative estimate of drug-likeness (QED) is 0.235. The summed E-state index contributed by atoms with van der Waals surface area (Å²) in [6, 6.07) is 23.5. The van der Waals surface area contributed by atoms with Crippen LogP contribution in [0.5, 0.6) is 0 Å². The van der Waals surface area contributed by atoms with Crippen LogP contribution in [0, 0.1) is 0 Å². The van der Waals surface area contributed by atoms with Crippen LogP contribution in [0.3, 0.4) is 0 Å². The van der Waals surface area contributed by atoms with Crippen LogP contribution in [0.25, 0.3) is 38.6 Å². The average molecular weight is 455 g/mol. The van der Waals surface area contributed by atoms with Gasteiger partial charge in [-0.1, -0.05) is 54.6 Å². The molecular formula is C26H15F6N. The van der Waals surface area contributed by atoms with Crippen molar-refractivity contribution >= 4 is 21.8 Å². The van der Waals surface area contributed by atoms with Crippen LogP contribution in [0.2, 0.25) is 0 Å². The molecule has 7 heteroatoms. The monoisotopic (exact) mass is 455 g/mol. The highest BCUT2D eigenvalue weighted by molar-refractivity contribution is 6.09. The number of benzene rings is 4. The lowest BCUT2D eigenvalue weighted by molar-refractivity contribution is -0.142. The Morgan fingerprint density at radius 2 is 1.15 bits per heavy atom. The van der Waals surface area contributed by atoms with E-state index in [0.717, 1.165) is 27.9 Å². The normalized spacial score (nSPS) is 12.5. The molecule has 0 amide bonds. The topological polar surface area (TPSA) is 4.93 Å². The van der Waals surface area contributed by atoms with E-state index < -0.39 is 23.5 Å². The first-order chi connectivity index (χ1) is 15.6. The van der Waals surface area contributed by atoms with Crippen LogP contribution >= 0.6 is 0 Å². The average Bonchev–Trinajstić information content (AvgIpc) is 3.12. The van der Waals surface area contributed by atoms with E-state index in [1.807, 2.05) is 53.1 Å². The second-order valence-corrected chi connectivity index (χ2v) is 7.68. The highest BCUT2D eigenvalue weighted by atomic mass is 19.4. The Kier molecular flexibility index (Phi) is 4.74. The predicted molar refractivity (Wildman–Crippen MR) is 116 cm³/mol. The molecule has 1 nitrogen and oxygen atoms in total. The number of fused-ring (bicyclic) bond motifs is 3. The van der Waals surface area contributed by atoms with Crippen molar-refractivity contribution < 1.29 is 26.3 Å². The maximum Gasteiger partial charge on any atom is 0.417 e. The summed E-state index contributed by atoms with van der Waals surface area (Å²) in [6.07, 6.45) is -9.82. The fraction of sp³-hybridized carbons (Fsp3) is 0.0769. The summed E-state index contributed by atoms with van der Waals surface area (Å²) in [6.45, 7) is 0. The van der Waals surface area contributed by atoms with Gasteiger partial charge < -0.3 is 4.57 Å². The van der Waals surface area contributed by atoms with Crippen LogP contribution in [0.1, 0.15) is 11.1 Å². The lowest BCUT2D eigenvalue weighted by Gasteiger charge is -2.17. The molecule has 1 aromatic heterocycles. The Balaban J connectivity index is 1.74. The first-order valence-corrected chi connectivity index (χ1v) is 10.0. The fourth-order valence-corrected chi connectivity index (χ4v) is 4.22. The number of halogens is 6. The molecule has 0 fully saturated rings. The molecule has 0 saturated carbocycles. The highest BCUT2D eigenvalue weighted by Gasteiger charge is 2.38. The van der Waals surface area contributed by atoms with Crippen LogP contribution in [-0.2, 0) is 12.4 Å². The van der Waals surface area contributed by atoms with E-state index in [9.17, 15) is 26.3 Å². The molecular weight excluding hydrogens is 440 g/mol. The summed E-state index contributed by atoms with van der Waals surface area (Å²) in [5, 5.41) is 1.98. The fourth-order valence-electron chi connectivity index (χ4n) is 4.22. The molecule has 0 atom stereocenters. The third-order valence-corrected chi connectivity index (χ3v) is 5.65. The van der Waals surface area contributed by atoms with Crippen molar-refractivity contribution in [3.63, 3.8) is 0 Å². The Morgan fingerprint density at radius 3 is 1.73 bits per heavy atom. The van der Waals surface area contributed by atoms with Gasteiger partial charge in [-0.05, 0) is 47.5 Å².